The molecule has 2 heterocycles. The fourth-order valence-electron chi connectivity index (χ4n) is 4.05. The predicted octanol–water partition coefficient (Wildman–Crippen LogP) is 2.83. The van der Waals surface area contributed by atoms with Crippen LogP contribution in [0.25, 0.3) is 0 Å². The van der Waals surface area contributed by atoms with Gasteiger partial charge < -0.3 is 9.80 Å². The molecule has 1 aromatic carbocycles. The van der Waals surface area contributed by atoms with Crippen molar-refractivity contribution < 1.29 is 14.4 Å². The maximum Gasteiger partial charge on any atom is 0.242 e. The Morgan fingerprint density at radius 3 is 2.63 bits per heavy atom. The molecule has 1 unspecified atom stereocenters. The monoisotopic (exact) mass is 370 g/mol. The maximum absolute atomic E-state index is 12.7. The number of Topliss-reactive ketones (excluding diaryl/α,β-unsaturated/α-hetero) is 1. The quantitative estimate of drug-likeness (QED) is 0.774. The van der Waals surface area contributed by atoms with E-state index in [9.17, 15) is 14.4 Å². The summed E-state index contributed by atoms with van der Waals surface area (Å²) in [5, 5.41) is 0. The Balaban J connectivity index is 1.49. The molecule has 0 N–H and O–H groups in total. The number of hydrogen-bond donors (Lipinski definition) is 0. The van der Waals surface area contributed by atoms with Gasteiger partial charge >= 0.3 is 0 Å². The molecular weight excluding hydrogens is 340 g/mol. The lowest BCUT2D eigenvalue weighted by Gasteiger charge is -2.33. The highest BCUT2D eigenvalue weighted by atomic mass is 16.2. The van der Waals surface area contributed by atoms with E-state index in [2.05, 4.69) is 0 Å². The van der Waals surface area contributed by atoms with Crippen molar-refractivity contribution in [3.63, 3.8) is 0 Å². The summed E-state index contributed by atoms with van der Waals surface area (Å²) in [5.74, 6) is 0.271. The number of piperidine rings is 1. The van der Waals surface area contributed by atoms with E-state index in [0.29, 0.717) is 32.5 Å². The first-order valence-corrected chi connectivity index (χ1v) is 10.3. The van der Waals surface area contributed by atoms with Crippen LogP contribution < -0.4 is 0 Å². The van der Waals surface area contributed by atoms with Gasteiger partial charge in [0.1, 0.15) is 5.78 Å². The number of hydrogen-bond acceptors (Lipinski definition) is 3. The van der Waals surface area contributed by atoms with Crippen LogP contribution in [0, 0.1) is 5.92 Å². The predicted molar refractivity (Wildman–Crippen MR) is 104 cm³/mol. The van der Waals surface area contributed by atoms with Crippen molar-refractivity contribution in [2.45, 2.75) is 51.4 Å². The molecule has 2 saturated heterocycles. The van der Waals surface area contributed by atoms with Crippen molar-refractivity contribution in [1.29, 1.82) is 0 Å². The lowest BCUT2D eigenvalue weighted by atomic mass is 9.90. The number of rotatable bonds is 6. The lowest BCUT2D eigenvalue weighted by molar-refractivity contribution is -0.142. The Morgan fingerprint density at radius 2 is 1.81 bits per heavy atom. The van der Waals surface area contributed by atoms with Gasteiger partial charge in [0.05, 0.1) is 6.54 Å². The first kappa shape index (κ1) is 19.6. The van der Waals surface area contributed by atoms with Crippen LogP contribution in [0.2, 0.25) is 0 Å². The summed E-state index contributed by atoms with van der Waals surface area (Å²) < 4.78 is 0. The minimum absolute atomic E-state index is 0.00851. The molecule has 2 fully saturated rings. The minimum Gasteiger partial charge on any atom is -0.340 e. The fraction of sp³-hybridized carbons (Fsp3) is 0.591. The van der Waals surface area contributed by atoms with E-state index in [-0.39, 0.29) is 30.1 Å². The first-order valence-electron chi connectivity index (χ1n) is 10.3. The molecule has 0 aromatic heterocycles. The van der Waals surface area contributed by atoms with E-state index < -0.39 is 0 Å². The van der Waals surface area contributed by atoms with E-state index in [0.717, 1.165) is 38.5 Å². The molecule has 27 heavy (non-hydrogen) atoms. The number of nitrogens with zero attached hydrogens (tertiary/aromatic N) is 2. The van der Waals surface area contributed by atoms with Gasteiger partial charge in [-0.15, -0.1) is 0 Å². The van der Waals surface area contributed by atoms with Crippen LogP contribution in [0.5, 0.6) is 0 Å². The summed E-state index contributed by atoms with van der Waals surface area (Å²) in [6.07, 6.45) is 6.51. The number of benzene rings is 1. The van der Waals surface area contributed by atoms with Crippen LogP contribution in [-0.2, 0) is 20.8 Å². The number of aryl methyl sites for hydroxylation is 1. The van der Waals surface area contributed by atoms with Gasteiger partial charge in [0.25, 0.3) is 0 Å². The van der Waals surface area contributed by atoms with E-state index in [1.54, 1.807) is 9.80 Å². The Kier molecular flexibility index (Phi) is 7.02. The van der Waals surface area contributed by atoms with Gasteiger partial charge in [-0.2, -0.15) is 0 Å². The molecule has 5 nitrogen and oxygen atoms in total. The molecule has 0 bridgehead atoms. The van der Waals surface area contributed by atoms with Crippen LogP contribution >= 0.6 is 0 Å². The van der Waals surface area contributed by atoms with Gasteiger partial charge in [0, 0.05) is 38.4 Å². The van der Waals surface area contributed by atoms with Crippen LogP contribution in [0.4, 0.5) is 0 Å². The third-order valence-electron chi connectivity index (χ3n) is 5.73. The largest absolute Gasteiger partial charge is 0.340 e. The van der Waals surface area contributed by atoms with Crippen LogP contribution in [0.3, 0.4) is 0 Å². The second-order valence-corrected chi connectivity index (χ2v) is 7.76. The second-order valence-electron chi connectivity index (χ2n) is 7.76. The summed E-state index contributed by atoms with van der Waals surface area (Å²) >= 11 is 0. The van der Waals surface area contributed by atoms with Gasteiger partial charge in [0.2, 0.25) is 11.8 Å². The molecule has 0 spiro atoms. The van der Waals surface area contributed by atoms with Gasteiger partial charge in [0.15, 0.2) is 0 Å². The molecule has 0 aliphatic carbocycles. The summed E-state index contributed by atoms with van der Waals surface area (Å²) in [6, 6.07) is 10.0. The Morgan fingerprint density at radius 1 is 1.00 bits per heavy atom. The van der Waals surface area contributed by atoms with Crippen LogP contribution in [-0.4, -0.2) is 53.6 Å². The van der Waals surface area contributed by atoms with Gasteiger partial charge in [-0.1, -0.05) is 36.8 Å². The molecule has 0 saturated carbocycles. The zero-order valence-corrected chi connectivity index (χ0v) is 16.1. The number of carbonyl (C=O) groups excluding carboxylic acids is 3. The number of carbonyl (C=O) groups is 3. The standard InChI is InChI=1S/C22H30N2O3/c25-20(13-12-18-8-3-1-4-9-18)19-10-7-15-23(16-19)22(27)17-24-14-6-2-5-11-21(24)26/h1,3-4,8-9,19H,2,5-7,10-17H2. The fourth-order valence-corrected chi connectivity index (χ4v) is 4.05. The first-order chi connectivity index (χ1) is 13.1. The van der Waals surface area contributed by atoms with E-state index in [4.69, 9.17) is 0 Å². The van der Waals surface area contributed by atoms with Crippen molar-refractivity contribution in [1.82, 2.24) is 9.80 Å². The Labute approximate surface area is 161 Å². The highest BCUT2D eigenvalue weighted by Gasteiger charge is 2.29. The molecular formula is C22H30N2O3. The second kappa shape index (κ2) is 9.67. The SMILES string of the molecule is O=C(CCc1ccccc1)C1CCCN(C(=O)CN2CCCCCC2=O)C1. The van der Waals surface area contributed by atoms with Crippen molar-refractivity contribution in [2.24, 2.45) is 5.92 Å². The Bertz CT molecular complexity index is 659. The number of likely N-dealkylation sites (tertiary alicyclic amines) is 2. The summed E-state index contributed by atoms with van der Waals surface area (Å²) in [4.78, 5) is 40.9. The number of ketones is 1. The average molecular weight is 370 g/mol. The maximum atomic E-state index is 12.7. The zero-order valence-electron chi connectivity index (χ0n) is 16.1. The smallest absolute Gasteiger partial charge is 0.242 e. The van der Waals surface area contributed by atoms with Gasteiger partial charge in [-0.25, -0.2) is 0 Å². The third-order valence-corrected chi connectivity index (χ3v) is 5.73. The highest BCUT2D eigenvalue weighted by Crippen LogP contribution is 2.20. The molecule has 1 atom stereocenters. The van der Waals surface area contributed by atoms with Crippen LogP contribution in [0.15, 0.2) is 30.3 Å². The third kappa shape index (κ3) is 5.65. The lowest BCUT2D eigenvalue weighted by Crippen LogP contribution is -2.47. The van der Waals surface area contributed by atoms with Crippen molar-refractivity contribution in [3.05, 3.63) is 35.9 Å². The molecule has 2 aliphatic heterocycles. The van der Waals surface area contributed by atoms with E-state index >= 15 is 0 Å². The summed E-state index contributed by atoms with van der Waals surface area (Å²) in [5.41, 5.74) is 1.18. The van der Waals surface area contributed by atoms with Crippen LogP contribution in [0.1, 0.15) is 50.5 Å². The molecule has 5 heteroatoms. The number of amides is 2. The normalized spacial score (nSPS) is 21.0. The average Bonchev–Trinajstić information content (AvgIpc) is 2.91. The molecule has 0 radical (unpaired) electrons. The summed E-state index contributed by atoms with van der Waals surface area (Å²) in [6.45, 7) is 2.05. The molecule has 146 valence electrons. The Hall–Kier alpha value is -2.17. The van der Waals surface area contributed by atoms with Gasteiger partial charge in [-0.3, -0.25) is 14.4 Å². The van der Waals surface area contributed by atoms with Crippen molar-refractivity contribution >= 4 is 17.6 Å². The van der Waals surface area contributed by atoms with E-state index in [1.165, 1.54) is 5.56 Å². The van der Waals surface area contributed by atoms with Gasteiger partial charge in [-0.05, 0) is 37.7 Å². The van der Waals surface area contributed by atoms with Crippen molar-refractivity contribution in [2.75, 3.05) is 26.2 Å². The molecule has 2 amide bonds. The topological polar surface area (TPSA) is 57.7 Å². The summed E-state index contributed by atoms with van der Waals surface area (Å²) in [7, 11) is 0. The molecule has 2 aliphatic rings. The van der Waals surface area contributed by atoms with E-state index in [1.807, 2.05) is 30.3 Å². The highest BCUT2D eigenvalue weighted by molar-refractivity contribution is 5.86. The zero-order chi connectivity index (χ0) is 19.1. The molecule has 3 rings (SSSR count). The van der Waals surface area contributed by atoms with Crippen molar-refractivity contribution in [3.8, 4) is 0 Å². The molecule has 1 aromatic rings. The minimum atomic E-state index is -0.0637.